The number of aromatic nitrogens is 4. The fraction of sp³-hybridized carbons (Fsp3) is 0.190. The van der Waals surface area contributed by atoms with Crippen molar-refractivity contribution in [1.82, 2.24) is 19.5 Å². The summed E-state index contributed by atoms with van der Waals surface area (Å²) in [5, 5.41) is 3.11. The molecule has 4 rings (SSSR count). The highest BCUT2D eigenvalue weighted by Crippen LogP contribution is 2.28. The van der Waals surface area contributed by atoms with E-state index in [1.165, 1.54) is 12.1 Å². The predicted molar refractivity (Wildman–Crippen MR) is 106 cm³/mol. The normalized spacial score (nSPS) is 10.9. The van der Waals surface area contributed by atoms with Gasteiger partial charge < -0.3 is 14.6 Å². The first-order chi connectivity index (χ1) is 13.7. The molecule has 0 aliphatic carbocycles. The molecule has 0 bridgehead atoms. The minimum Gasteiger partial charge on any atom is -0.437 e. The number of rotatable bonds is 7. The van der Waals surface area contributed by atoms with Crippen LogP contribution < -0.4 is 10.1 Å². The average molecular weight is 377 g/mol. The van der Waals surface area contributed by atoms with Crippen molar-refractivity contribution in [3.8, 4) is 11.6 Å². The van der Waals surface area contributed by atoms with Crippen LogP contribution in [0, 0.1) is 5.82 Å². The number of anilines is 2. The number of aryl methyl sites for hydroxylation is 1. The van der Waals surface area contributed by atoms with Crippen LogP contribution in [0.25, 0.3) is 11.2 Å². The monoisotopic (exact) mass is 377 g/mol. The molecule has 0 saturated heterocycles. The molecule has 28 heavy (non-hydrogen) atoms. The van der Waals surface area contributed by atoms with Gasteiger partial charge in [0.05, 0.1) is 6.33 Å². The lowest BCUT2D eigenvalue weighted by molar-refractivity contribution is 0.468. The van der Waals surface area contributed by atoms with Crippen LogP contribution in [0.15, 0.2) is 60.9 Å². The molecular formula is C21H20FN5O. The van der Waals surface area contributed by atoms with Crippen molar-refractivity contribution in [2.24, 2.45) is 0 Å². The summed E-state index contributed by atoms with van der Waals surface area (Å²) in [6.45, 7) is 2.95. The van der Waals surface area contributed by atoms with Crippen LogP contribution in [0.2, 0.25) is 0 Å². The number of ether oxygens (including phenoxy) is 1. The number of para-hydroxylation sites is 1. The Bertz CT molecular complexity index is 1060. The third-order valence-corrected chi connectivity index (χ3v) is 4.24. The van der Waals surface area contributed by atoms with Gasteiger partial charge in [-0.1, -0.05) is 31.5 Å². The van der Waals surface area contributed by atoms with E-state index in [1.807, 2.05) is 34.9 Å². The van der Waals surface area contributed by atoms with Gasteiger partial charge in [0.25, 0.3) is 5.88 Å². The Hall–Kier alpha value is -3.48. The van der Waals surface area contributed by atoms with Gasteiger partial charge in [-0.2, -0.15) is 9.97 Å². The molecule has 1 N–H and O–H groups in total. The lowest BCUT2D eigenvalue weighted by Gasteiger charge is -2.10. The fourth-order valence-electron chi connectivity index (χ4n) is 2.80. The first-order valence-corrected chi connectivity index (χ1v) is 9.21. The highest BCUT2D eigenvalue weighted by Gasteiger charge is 2.15. The fourth-order valence-corrected chi connectivity index (χ4v) is 2.80. The van der Waals surface area contributed by atoms with Gasteiger partial charge in [0.15, 0.2) is 11.2 Å². The van der Waals surface area contributed by atoms with Crippen molar-refractivity contribution in [2.45, 2.75) is 26.3 Å². The largest absolute Gasteiger partial charge is 0.437 e. The van der Waals surface area contributed by atoms with E-state index in [0.29, 0.717) is 34.4 Å². The van der Waals surface area contributed by atoms with Gasteiger partial charge in [-0.05, 0) is 42.8 Å². The summed E-state index contributed by atoms with van der Waals surface area (Å²) in [5.41, 5.74) is 1.98. The molecule has 0 aliphatic rings. The first kappa shape index (κ1) is 17.9. The van der Waals surface area contributed by atoms with Gasteiger partial charge >= 0.3 is 0 Å². The van der Waals surface area contributed by atoms with Crippen LogP contribution in [0.3, 0.4) is 0 Å². The Kier molecular flexibility index (Phi) is 5.14. The number of nitrogens with one attached hydrogen (secondary N) is 1. The molecule has 2 aromatic heterocycles. The predicted octanol–water partition coefficient (Wildman–Crippen LogP) is 5.30. The number of nitrogens with zero attached hydrogens (tertiary/aromatic N) is 4. The van der Waals surface area contributed by atoms with E-state index >= 15 is 0 Å². The maximum Gasteiger partial charge on any atom is 0.252 e. The second kappa shape index (κ2) is 8.04. The molecule has 0 fully saturated rings. The average Bonchev–Trinajstić information content (AvgIpc) is 3.12. The molecule has 0 spiro atoms. The Morgan fingerprint density at radius 1 is 1.04 bits per heavy atom. The number of halogens is 1. The van der Waals surface area contributed by atoms with Crippen LogP contribution in [-0.4, -0.2) is 19.5 Å². The summed E-state index contributed by atoms with van der Waals surface area (Å²) in [4.78, 5) is 13.6. The number of hydrogen-bond donors (Lipinski definition) is 1. The van der Waals surface area contributed by atoms with Crippen LogP contribution >= 0.6 is 0 Å². The molecule has 6 nitrogen and oxygen atoms in total. The van der Waals surface area contributed by atoms with Crippen LogP contribution in [0.1, 0.15) is 19.8 Å². The van der Waals surface area contributed by atoms with Gasteiger partial charge in [0.1, 0.15) is 11.6 Å². The summed E-state index contributed by atoms with van der Waals surface area (Å²) in [7, 11) is 0. The number of hydrogen-bond acceptors (Lipinski definition) is 5. The maximum absolute atomic E-state index is 13.2. The van der Waals surface area contributed by atoms with Crippen molar-refractivity contribution < 1.29 is 9.13 Å². The number of unbranched alkanes of at least 4 members (excludes halogenated alkanes) is 1. The Morgan fingerprint density at radius 3 is 2.57 bits per heavy atom. The van der Waals surface area contributed by atoms with E-state index in [9.17, 15) is 4.39 Å². The van der Waals surface area contributed by atoms with Gasteiger partial charge in [-0.25, -0.2) is 9.37 Å². The quantitative estimate of drug-likeness (QED) is 0.473. The van der Waals surface area contributed by atoms with Gasteiger partial charge in [0.2, 0.25) is 5.95 Å². The van der Waals surface area contributed by atoms with E-state index in [0.717, 1.165) is 19.4 Å². The standard InChI is InChI=1S/C21H20FN5O/c1-2-3-13-27-14-23-18-19(27)25-21(24-16-11-9-15(22)10-12-16)26-20(18)28-17-7-5-4-6-8-17/h4-12,14H,2-3,13H2,1H3,(H,24,25,26). The van der Waals surface area contributed by atoms with Crippen LogP contribution in [0.5, 0.6) is 11.6 Å². The second-order valence-corrected chi connectivity index (χ2v) is 6.36. The summed E-state index contributed by atoms with van der Waals surface area (Å²) in [6, 6.07) is 15.5. The van der Waals surface area contributed by atoms with Gasteiger partial charge in [-0.3, -0.25) is 0 Å². The van der Waals surface area contributed by atoms with Crippen molar-refractivity contribution in [2.75, 3.05) is 5.32 Å². The summed E-state index contributed by atoms with van der Waals surface area (Å²) >= 11 is 0. The lowest BCUT2D eigenvalue weighted by Crippen LogP contribution is -2.03. The molecule has 0 atom stereocenters. The number of imidazole rings is 1. The molecule has 7 heteroatoms. The number of benzene rings is 2. The minimum absolute atomic E-state index is 0.298. The molecular weight excluding hydrogens is 357 g/mol. The van der Waals surface area contributed by atoms with Gasteiger partial charge in [0, 0.05) is 12.2 Å². The van der Waals surface area contributed by atoms with Crippen molar-refractivity contribution in [1.29, 1.82) is 0 Å². The zero-order valence-corrected chi connectivity index (χ0v) is 15.5. The summed E-state index contributed by atoms with van der Waals surface area (Å²) in [5.74, 6) is 1.10. The molecule has 2 heterocycles. The minimum atomic E-state index is -0.298. The summed E-state index contributed by atoms with van der Waals surface area (Å²) < 4.78 is 21.2. The Labute approximate surface area is 162 Å². The van der Waals surface area contributed by atoms with E-state index in [1.54, 1.807) is 18.5 Å². The topological polar surface area (TPSA) is 64.9 Å². The zero-order chi connectivity index (χ0) is 19.3. The highest BCUT2D eigenvalue weighted by molar-refractivity contribution is 5.78. The third kappa shape index (κ3) is 3.93. The molecule has 4 aromatic rings. The maximum atomic E-state index is 13.2. The van der Waals surface area contributed by atoms with E-state index in [-0.39, 0.29) is 5.82 Å². The molecule has 2 aromatic carbocycles. The molecule has 0 amide bonds. The van der Waals surface area contributed by atoms with E-state index < -0.39 is 0 Å². The molecule has 0 unspecified atom stereocenters. The first-order valence-electron chi connectivity index (χ1n) is 9.21. The highest BCUT2D eigenvalue weighted by atomic mass is 19.1. The lowest BCUT2D eigenvalue weighted by atomic mass is 10.3. The Morgan fingerprint density at radius 2 is 1.82 bits per heavy atom. The molecule has 0 radical (unpaired) electrons. The third-order valence-electron chi connectivity index (χ3n) is 4.24. The Balaban J connectivity index is 1.74. The SMILES string of the molecule is CCCCn1cnc2c(Oc3ccccc3)nc(Nc3ccc(F)cc3)nc21. The van der Waals surface area contributed by atoms with Crippen LogP contribution in [-0.2, 0) is 6.54 Å². The molecule has 142 valence electrons. The van der Waals surface area contributed by atoms with Gasteiger partial charge in [-0.15, -0.1) is 0 Å². The molecule has 0 saturated carbocycles. The number of fused-ring (bicyclic) bond motifs is 1. The van der Waals surface area contributed by atoms with Crippen molar-refractivity contribution >= 4 is 22.8 Å². The molecule has 0 aliphatic heterocycles. The smallest absolute Gasteiger partial charge is 0.252 e. The van der Waals surface area contributed by atoms with Crippen LogP contribution in [0.4, 0.5) is 16.0 Å². The van der Waals surface area contributed by atoms with Crippen molar-refractivity contribution in [3.63, 3.8) is 0 Å². The van der Waals surface area contributed by atoms with Crippen molar-refractivity contribution in [3.05, 3.63) is 66.7 Å². The zero-order valence-electron chi connectivity index (χ0n) is 15.5. The van der Waals surface area contributed by atoms with E-state index in [2.05, 4.69) is 27.2 Å². The summed E-state index contributed by atoms with van der Waals surface area (Å²) in [6.07, 6.45) is 3.85. The van der Waals surface area contributed by atoms with E-state index in [4.69, 9.17) is 4.74 Å². The second-order valence-electron chi connectivity index (χ2n) is 6.36.